The SMILES string of the molecule is COCCCNC(=O)CN1C(=O)CS[C@@H](c2ccsc2)c2c(-c3ccccc3)nn(-c3ccc(OC)cc3)c21. The molecule has 0 spiro atoms. The van der Waals surface area contributed by atoms with E-state index < -0.39 is 0 Å². The lowest BCUT2D eigenvalue weighted by molar-refractivity contribution is -0.122. The number of amides is 2. The summed E-state index contributed by atoms with van der Waals surface area (Å²) < 4.78 is 12.2. The van der Waals surface area contributed by atoms with Crippen molar-refractivity contribution >= 4 is 40.7 Å². The van der Waals surface area contributed by atoms with Gasteiger partial charge in [-0.3, -0.25) is 14.5 Å². The Hall–Kier alpha value is -3.60. The van der Waals surface area contributed by atoms with Crippen molar-refractivity contribution in [2.45, 2.75) is 11.7 Å². The number of nitrogens with zero attached hydrogens (tertiary/aromatic N) is 3. The zero-order valence-corrected chi connectivity index (χ0v) is 23.5. The summed E-state index contributed by atoms with van der Waals surface area (Å²) in [6.45, 7) is 0.920. The molecule has 2 amide bonds. The number of rotatable bonds is 10. The molecule has 0 fully saturated rings. The second-order valence-electron chi connectivity index (χ2n) is 8.99. The zero-order chi connectivity index (χ0) is 27.2. The van der Waals surface area contributed by atoms with Crippen LogP contribution in [0, 0.1) is 0 Å². The Balaban J connectivity index is 1.68. The third-order valence-electron chi connectivity index (χ3n) is 6.45. The number of carbonyl (C=O) groups is 2. The van der Waals surface area contributed by atoms with Crippen molar-refractivity contribution in [1.82, 2.24) is 15.1 Å². The van der Waals surface area contributed by atoms with Gasteiger partial charge in [0.05, 0.1) is 29.5 Å². The van der Waals surface area contributed by atoms with Gasteiger partial charge in [-0.25, -0.2) is 4.68 Å². The van der Waals surface area contributed by atoms with E-state index in [1.165, 1.54) is 0 Å². The fraction of sp³-hybridized carbons (Fsp3) is 0.276. The van der Waals surface area contributed by atoms with Gasteiger partial charge in [0.15, 0.2) is 0 Å². The quantitative estimate of drug-likeness (QED) is 0.276. The number of aromatic nitrogens is 2. The van der Waals surface area contributed by atoms with E-state index in [1.807, 2.05) is 60.0 Å². The molecule has 0 aliphatic carbocycles. The second kappa shape index (κ2) is 12.5. The van der Waals surface area contributed by atoms with E-state index in [4.69, 9.17) is 14.6 Å². The topological polar surface area (TPSA) is 85.7 Å². The molecule has 0 unspecified atom stereocenters. The normalized spacial score (nSPS) is 15.1. The Morgan fingerprint density at radius 1 is 1.10 bits per heavy atom. The Morgan fingerprint density at radius 2 is 1.90 bits per heavy atom. The molecule has 1 aliphatic heterocycles. The van der Waals surface area contributed by atoms with Gasteiger partial charge in [-0.15, -0.1) is 11.8 Å². The molecular weight excluding hydrogens is 532 g/mol. The molecule has 0 saturated heterocycles. The van der Waals surface area contributed by atoms with Crippen LogP contribution >= 0.6 is 23.1 Å². The molecule has 1 atom stereocenters. The summed E-state index contributed by atoms with van der Waals surface area (Å²) in [4.78, 5) is 28.3. The van der Waals surface area contributed by atoms with Crippen molar-refractivity contribution in [2.24, 2.45) is 0 Å². The molecule has 1 aliphatic rings. The van der Waals surface area contributed by atoms with Crippen molar-refractivity contribution in [3.05, 3.63) is 82.6 Å². The summed E-state index contributed by atoms with van der Waals surface area (Å²) in [6, 6.07) is 19.6. The van der Waals surface area contributed by atoms with Gasteiger partial charge >= 0.3 is 0 Å². The number of fused-ring (bicyclic) bond motifs is 1. The third kappa shape index (κ3) is 5.88. The smallest absolute Gasteiger partial charge is 0.240 e. The highest BCUT2D eigenvalue weighted by molar-refractivity contribution is 8.00. The van der Waals surface area contributed by atoms with E-state index in [9.17, 15) is 9.59 Å². The lowest BCUT2D eigenvalue weighted by Crippen LogP contribution is -2.42. The number of hydrogen-bond donors (Lipinski definition) is 1. The molecule has 2 aromatic carbocycles. The Labute approximate surface area is 235 Å². The Morgan fingerprint density at radius 3 is 2.59 bits per heavy atom. The molecule has 39 heavy (non-hydrogen) atoms. The van der Waals surface area contributed by atoms with Crippen molar-refractivity contribution in [3.63, 3.8) is 0 Å². The molecule has 2 aromatic heterocycles. The summed E-state index contributed by atoms with van der Waals surface area (Å²) in [5.41, 5.74) is 4.52. The van der Waals surface area contributed by atoms with E-state index in [1.54, 1.807) is 46.9 Å². The summed E-state index contributed by atoms with van der Waals surface area (Å²) >= 11 is 3.19. The minimum Gasteiger partial charge on any atom is -0.497 e. The molecule has 0 radical (unpaired) electrons. The summed E-state index contributed by atoms with van der Waals surface area (Å²) in [5, 5.41) is 12.0. The van der Waals surface area contributed by atoms with Crippen LogP contribution in [0.25, 0.3) is 16.9 Å². The fourth-order valence-corrected chi connectivity index (χ4v) is 6.52. The maximum Gasteiger partial charge on any atom is 0.240 e. The first kappa shape index (κ1) is 27.0. The van der Waals surface area contributed by atoms with Gasteiger partial charge in [-0.1, -0.05) is 30.3 Å². The largest absolute Gasteiger partial charge is 0.497 e. The van der Waals surface area contributed by atoms with Gasteiger partial charge in [0, 0.05) is 31.4 Å². The van der Waals surface area contributed by atoms with Crippen LogP contribution in [-0.2, 0) is 14.3 Å². The number of nitrogens with one attached hydrogen (secondary N) is 1. The number of thioether (sulfide) groups is 1. The lowest BCUT2D eigenvalue weighted by Gasteiger charge is -2.23. The van der Waals surface area contributed by atoms with Crippen LogP contribution in [0.15, 0.2) is 71.4 Å². The predicted octanol–water partition coefficient (Wildman–Crippen LogP) is 4.93. The summed E-state index contributed by atoms with van der Waals surface area (Å²) in [7, 11) is 3.25. The monoisotopic (exact) mass is 562 g/mol. The third-order valence-corrected chi connectivity index (χ3v) is 8.40. The average Bonchev–Trinajstić information content (AvgIpc) is 3.61. The molecule has 0 saturated carbocycles. The molecule has 202 valence electrons. The highest BCUT2D eigenvalue weighted by Gasteiger charge is 2.37. The van der Waals surface area contributed by atoms with E-state index >= 15 is 0 Å². The molecule has 1 N–H and O–H groups in total. The fourth-order valence-electron chi connectivity index (χ4n) is 4.56. The minimum atomic E-state index is -0.229. The predicted molar refractivity (Wildman–Crippen MR) is 156 cm³/mol. The van der Waals surface area contributed by atoms with Crippen LogP contribution in [0.5, 0.6) is 5.75 Å². The Kier molecular flexibility index (Phi) is 8.65. The lowest BCUT2D eigenvalue weighted by atomic mass is 10.0. The van der Waals surface area contributed by atoms with Gasteiger partial charge in [-0.05, 0) is 53.1 Å². The number of thiophene rings is 1. The molecule has 0 bridgehead atoms. The van der Waals surface area contributed by atoms with Crippen molar-refractivity contribution < 1.29 is 19.1 Å². The van der Waals surface area contributed by atoms with Crippen molar-refractivity contribution in [2.75, 3.05) is 44.6 Å². The molecule has 8 nitrogen and oxygen atoms in total. The molecule has 3 heterocycles. The summed E-state index contributed by atoms with van der Waals surface area (Å²) in [5.74, 6) is 1.20. The zero-order valence-electron chi connectivity index (χ0n) is 21.8. The van der Waals surface area contributed by atoms with Gasteiger partial charge in [0.2, 0.25) is 11.8 Å². The average molecular weight is 563 g/mol. The second-order valence-corrected chi connectivity index (χ2v) is 10.9. The van der Waals surface area contributed by atoms with E-state index in [0.29, 0.717) is 25.4 Å². The molecule has 4 aromatic rings. The standard InChI is InChI=1S/C29H30N4O4S2/c1-36-15-6-14-30-24(34)17-32-25(35)19-39-28(21-13-16-38-18-21)26-27(20-7-4-3-5-8-20)31-33(29(26)32)22-9-11-23(37-2)12-10-22/h3-5,7-13,16,18,28H,6,14-15,17,19H2,1-2H3,(H,30,34)/t28-/m0/s1. The van der Waals surface area contributed by atoms with Gasteiger partial charge in [0.1, 0.15) is 18.1 Å². The highest BCUT2D eigenvalue weighted by atomic mass is 32.2. The van der Waals surface area contributed by atoms with Crippen molar-refractivity contribution in [3.8, 4) is 22.7 Å². The number of carbonyl (C=O) groups excluding carboxylic acids is 2. The number of benzene rings is 2. The van der Waals surface area contributed by atoms with Crippen molar-refractivity contribution in [1.29, 1.82) is 0 Å². The number of anilines is 1. The van der Waals surface area contributed by atoms with Crippen LogP contribution in [0.3, 0.4) is 0 Å². The van der Waals surface area contributed by atoms with Crippen LogP contribution in [0.1, 0.15) is 22.8 Å². The molecular formula is C29H30N4O4S2. The van der Waals surface area contributed by atoms with E-state index in [2.05, 4.69) is 16.8 Å². The number of methoxy groups -OCH3 is 2. The maximum atomic E-state index is 13.7. The van der Waals surface area contributed by atoms with Gasteiger partial charge in [-0.2, -0.15) is 16.4 Å². The van der Waals surface area contributed by atoms with Crippen LogP contribution in [-0.4, -0.2) is 61.3 Å². The Bertz CT molecular complexity index is 1410. The van der Waals surface area contributed by atoms with Crippen LogP contribution in [0.4, 0.5) is 5.82 Å². The van der Waals surface area contributed by atoms with Gasteiger partial charge < -0.3 is 14.8 Å². The van der Waals surface area contributed by atoms with E-state index in [0.717, 1.165) is 33.8 Å². The van der Waals surface area contributed by atoms with Gasteiger partial charge in [0.25, 0.3) is 0 Å². The summed E-state index contributed by atoms with van der Waals surface area (Å²) in [6.07, 6.45) is 0.694. The molecule has 5 rings (SSSR count). The first-order valence-corrected chi connectivity index (χ1v) is 14.6. The maximum absolute atomic E-state index is 13.7. The number of ether oxygens (including phenoxy) is 2. The minimum absolute atomic E-state index is 0.105. The number of hydrogen-bond acceptors (Lipinski definition) is 7. The highest BCUT2D eigenvalue weighted by Crippen LogP contribution is 2.48. The molecule has 10 heteroatoms. The van der Waals surface area contributed by atoms with Crippen LogP contribution in [0.2, 0.25) is 0 Å². The van der Waals surface area contributed by atoms with Crippen LogP contribution < -0.4 is 15.0 Å². The van der Waals surface area contributed by atoms with E-state index in [-0.39, 0.29) is 29.4 Å². The first-order valence-electron chi connectivity index (χ1n) is 12.6. The first-order chi connectivity index (χ1) is 19.1.